The summed E-state index contributed by atoms with van der Waals surface area (Å²) in [5, 5.41) is 9.30. The molecule has 1 N–H and O–H groups in total. The first-order valence-corrected chi connectivity index (χ1v) is 7.05. The van der Waals surface area contributed by atoms with Crippen molar-refractivity contribution in [3.63, 3.8) is 0 Å². The highest BCUT2D eigenvalue weighted by molar-refractivity contribution is 5.25. The highest BCUT2D eigenvalue weighted by Gasteiger charge is 2.28. The molecule has 0 saturated carbocycles. The van der Waals surface area contributed by atoms with Crippen molar-refractivity contribution in [1.29, 1.82) is 0 Å². The van der Waals surface area contributed by atoms with Gasteiger partial charge in [-0.05, 0) is 37.1 Å². The van der Waals surface area contributed by atoms with Crippen LogP contribution in [0.5, 0.6) is 5.75 Å². The topological polar surface area (TPSA) is 26.7 Å². The van der Waals surface area contributed by atoms with Crippen LogP contribution >= 0.6 is 0 Å². The molecule has 98 valence electrons. The van der Waals surface area contributed by atoms with Crippen LogP contribution in [0.15, 0.2) is 24.3 Å². The number of aromatic hydroxyl groups is 1. The molecule has 0 aromatic heterocycles. The maximum absolute atomic E-state index is 9.30. The minimum atomic E-state index is 0.357. The summed E-state index contributed by atoms with van der Waals surface area (Å²) in [7, 11) is 0. The van der Waals surface area contributed by atoms with Gasteiger partial charge in [-0.1, -0.05) is 18.6 Å². The molecular weight excluding hydrogens is 224 g/mol. The maximum atomic E-state index is 9.30. The van der Waals surface area contributed by atoms with Crippen molar-refractivity contribution >= 4 is 0 Å². The number of hydrogen-bond donors (Lipinski definition) is 1. The summed E-state index contributed by atoms with van der Waals surface area (Å²) in [5.41, 5.74) is 1.30. The summed E-state index contributed by atoms with van der Waals surface area (Å²) in [4.78, 5) is 5.22. The second-order valence-electron chi connectivity index (χ2n) is 5.59. The van der Waals surface area contributed by atoms with Gasteiger partial charge in [-0.15, -0.1) is 0 Å². The van der Waals surface area contributed by atoms with Crippen LogP contribution < -0.4 is 0 Å². The number of phenolic OH excluding ortho intramolecular Hbond substituents is 1. The van der Waals surface area contributed by atoms with E-state index in [1.54, 1.807) is 12.1 Å². The lowest BCUT2D eigenvalue weighted by Gasteiger charge is -2.44. The summed E-state index contributed by atoms with van der Waals surface area (Å²) in [6.07, 6.45) is 4.15. The Bertz CT molecular complexity index is 390. The lowest BCUT2D eigenvalue weighted by atomic mass is 9.99. The number of hydrogen-bond acceptors (Lipinski definition) is 3. The van der Waals surface area contributed by atoms with E-state index in [9.17, 15) is 5.11 Å². The number of nitrogens with zero attached hydrogens (tertiary/aromatic N) is 2. The van der Waals surface area contributed by atoms with Crippen LogP contribution in [0, 0.1) is 0 Å². The second kappa shape index (κ2) is 5.29. The van der Waals surface area contributed by atoms with E-state index >= 15 is 0 Å². The van der Waals surface area contributed by atoms with E-state index in [0.717, 1.165) is 12.6 Å². The molecule has 2 heterocycles. The number of rotatable bonds is 2. The van der Waals surface area contributed by atoms with Gasteiger partial charge in [-0.2, -0.15) is 0 Å². The van der Waals surface area contributed by atoms with Gasteiger partial charge in [-0.25, -0.2) is 0 Å². The van der Waals surface area contributed by atoms with Crippen LogP contribution in [0.25, 0.3) is 0 Å². The zero-order valence-corrected chi connectivity index (χ0v) is 10.9. The third-order valence-corrected chi connectivity index (χ3v) is 4.26. The molecule has 0 radical (unpaired) electrons. The predicted octanol–water partition coefficient (Wildman–Crippen LogP) is 2.06. The Morgan fingerprint density at radius 3 is 2.72 bits per heavy atom. The molecule has 3 heteroatoms. The smallest absolute Gasteiger partial charge is 0.115 e. The van der Waals surface area contributed by atoms with E-state index in [1.165, 1.54) is 51.0 Å². The van der Waals surface area contributed by atoms with Crippen molar-refractivity contribution in [2.45, 2.75) is 31.8 Å². The summed E-state index contributed by atoms with van der Waals surface area (Å²) >= 11 is 0. The van der Waals surface area contributed by atoms with Crippen LogP contribution in [0.4, 0.5) is 0 Å². The fourth-order valence-electron chi connectivity index (χ4n) is 3.22. The normalized spacial score (nSPS) is 25.9. The lowest BCUT2D eigenvalue weighted by Crippen LogP contribution is -2.54. The number of benzene rings is 1. The van der Waals surface area contributed by atoms with Crippen molar-refractivity contribution in [2.24, 2.45) is 0 Å². The summed E-state index contributed by atoms with van der Waals surface area (Å²) in [6, 6.07) is 8.41. The molecule has 18 heavy (non-hydrogen) atoms. The average Bonchev–Trinajstić information content (AvgIpc) is 2.41. The van der Waals surface area contributed by atoms with E-state index < -0.39 is 0 Å². The minimum Gasteiger partial charge on any atom is -0.508 e. The van der Waals surface area contributed by atoms with E-state index in [-0.39, 0.29) is 0 Å². The third kappa shape index (κ3) is 2.68. The molecule has 0 aliphatic carbocycles. The van der Waals surface area contributed by atoms with Gasteiger partial charge in [-0.3, -0.25) is 9.80 Å². The molecule has 2 aliphatic heterocycles. The van der Waals surface area contributed by atoms with Gasteiger partial charge in [0.25, 0.3) is 0 Å². The predicted molar refractivity (Wildman–Crippen MR) is 72.6 cm³/mol. The van der Waals surface area contributed by atoms with E-state index in [1.807, 2.05) is 12.1 Å². The molecule has 2 aliphatic rings. The fraction of sp³-hybridized carbons (Fsp3) is 0.600. The maximum Gasteiger partial charge on any atom is 0.115 e. The van der Waals surface area contributed by atoms with Gasteiger partial charge in [0, 0.05) is 32.2 Å². The second-order valence-corrected chi connectivity index (χ2v) is 5.59. The Labute approximate surface area is 109 Å². The molecule has 0 bridgehead atoms. The molecule has 0 amide bonds. The number of fused-ring (bicyclic) bond motifs is 1. The molecule has 3 nitrogen and oxygen atoms in total. The summed E-state index contributed by atoms with van der Waals surface area (Å²) < 4.78 is 0. The van der Waals surface area contributed by atoms with Crippen molar-refractivity contribution in [1.82, 2.24) is 9.80 Å². The van der Waals surface area contributed by atoms with Gasteiger partial charge in [0.05, 0.1) is 0 Å². The quantitative estimate of drug-likeness (QED) is 0.865. The number of piperazine rings is 1. The minimum absolute atomic E-state index is 0.357. The lowest BCUT2D eigenvalue weighted by molar-refractivity contribution is 0.0457. The highest BCUT2D eigenvalue weighted by atomic mass is 16.3. The monoisotopic (exact) mass is 246 g/mol. The Kier molecular flexibility index (Phi) is 3.52. The van der Waals surface area contributed by atoms with Crippen LogP contribution in [0.3, 0.4) is 0 Å². The van der Waals surface area contributed by atoms with Crippen LogP contribution in [0.1, 0.15) is 24.8 Å². The standard InChI is InChI=1S/C15H22N2O/c18-15-6-4-13(5-7-15)11-16-9-10-17-8-2-1-3-14(17)12-16/h4-7,14,18H,1-3,8-12H2. The van der Waals surface area contributed by atoms with Gasteiger partial charge in [0.2, 0.25) is 0 Å². The molecular formula is C15H22N2O. The van der Waals surface area contributed by atoms with Crippen LogP contribution in [-0.2, 0) is 6.54 Å². The summed E-state index contributed by atoms with van der Waals surface area (Å²) in [5.74, 6) is 0.357. The molecule has 0 spiro atoms. The summed E-state index contributed by atoms with van der Waals surface area (Å²) in [6.45, 7) is 5.93. The first-order valence-electron chi connectivity index (χ1n) is 7.05. The zero-order chi connectivity index (χ0) is 12.4. The van der Waals surface area contributed by atoms with Gasteiger partial charge < -0.3 is 5.11 Å². The van der Waals surface area contributed by atoms with Gasteiger partial charge in [0.15, 0.2) is 0 Å². The Morgan fingerprint density at radius 1 is 1.06 bits per heavy atom. The van der Waals surface area contributed by atoms with Crippen molar-refractivity contribution in [3.05, 3.63) is 29.8 Å². The molecule has 2 saturated heterocycles. The van der Waals surface area contributed by atoms with Gasteiger partial charge >= 0.3 is 0 Å². The average molecular weight is 246 g/mol. The number of phenols is 1. The van der Waals surface area contributed by atoms with Crippen LogP contribution in [0.2, 0.25) is 0 Å². The third-order valence-electron chi connectivity index (χ3n) is 4.26. The van der Waals surface area contributed by atoms with Gasteiger partial charge in [0.1, 0.15) is 5.75 Å². The Balaban J connectivity index is 1.59. The molecule has 1 aromatic rings. The van der Waals surface area contributed by atoms with Crippen molar-refractivity contribution in [2.75, 3.05) is 26.2 Å². The van der Waals surface area contributed by atoms with E-state index in [0.29, 0.717) is 5.75 Å². The van der Waals surface area contributed by atoms with E-state index in [2.05, 4.69) is 9.80 Å². The number of piperidine rings is 1. The first kappa shape index (κ1) is 12.0. The molecule has 2 fully saturated rings. The van der Waals surface area contributed by atoms with Crippen molar-refractivity contribution in [3.8, 4) is 5.75 Å². The molecule has 3 rings (SSSR count). The Morgan fingerprint density at radius 2 is 1.89 bits per heavy atom. The SMILES string of the molecule is Oc1ccc(CN2CCN3CCCCC3C2)cc1. The molecule has 1 atom stereocenters. The van der Waals surface area contributed by atoms with Crippen molar-refractivity contribution < 1.29 is 5.11 Å². The molecule has 1 unspecified atom stereocenters. The zero-order valence-electron chi connectivity index (χ0n) is 10.9. The highest BCUT2D eigenvalue weighted by Crippen LogP contribution is 2.22. The largest absolute Gasteiger partial charge is 0.508 e. The van der Waals surface area contributed by atoms with E-state index in [4.69, 9.17) is 0 Å². The first-order chi connectivity index (χ1) is 8.81. The Hall–Kier alpha value is -1.06. The van der Waals surface area contributed by atoms with Crippen LogP contribution in [-0.4, -0.2) is 47.1 Å². The molecule has 1 aromatic carbocycles. The fourth-order valence-corrected chi connectivity index (χ4v) is 3.22.